The maximum atomic E-state index is 8.36. The number of guanidine groups is 1. The summed E-state index contributed by atoms with van der Waals surface area (Å²) in [5, 5.41) is 10.6. The first-order valence-electron chi connectivity index (χ1n) is 4.70. The van der Waals surface area contributed by atoms with E-state index in [0.29, 0.717) is 5.69 Å². The molecule has 0 aliphatic carbocycles. The van der Waals surface area contributed by atoms with Gasteiger partial charge in [-0.05, 0) is 12.1 Å². The summed E-state index contributed by atoms with van der Waals surface area (Å²) in [5.41, 5.74) is 6.12. The molecule has 4 nitrogen and oxygen atoms in total. The van der Waals surface area contributed by atoms with Crippen molar-refractivity contribution in [2.24, 2.45) is 10.7 Å². The lowest BCUT2D eigenvalue weighted by molar-refractivity contribution is 1.22. The highest BCUT2D eigenvalue weighted by Gasteiger charge is 1.87. The van der Waals surface area contributed by atoms with Crippen molar-refractivity contribution in [2.75, 3.05) is 0 Å². The molecule has 1 rings (SSSR count). The standard InChI is InChI=1S/C12H12N4/c13-10-15-12(14)16-11-8-6-4-2-1-3-5-7-9-11/h1-9H,(H3,14,15,16). The van der Waals surface area contributed by atoms with Gasteiger partial charge in [-0.3, -0.25) is 5.32 Å². The molecule has 1 aromatic carbocycles. The van der Waals surface area contributed by atoms with Crippen LogP contribution in [0.5, 0.6) is 0 Å². The molecule has 1 aromatic rings. The number of nitriles is 1. The Balaban J connectivity index is 3.06. The van der Waals surface area contributed by atoms with Gasteiger partial charge in [0, 0.05) is 0 Å². The van der Waals surface area contributed by atoms with Crippen LogP contribution in [0.25, 0.3) is 0 Å². The molecule has 0 unspecified atom stereocenters. The molecule has 80 valence electrons. The molecule has 0 heterocycles. The molecule has 0 radical (unpaired) electrons. The second-order valence-electron chi connectivity index (χ2n) is 2.84. The first-order chi connectivity index (χ1) is 7.83. The Hall–Kier alpha value is -2.54. The molecule has 0 fully saturated rings. The van der Waals surface area contributed by atoms with Crippen LogP contribution in [0.1, 0.15) is 0 Å². The summed E-state index contributed by atoms with van der Waals surface area (Å²) >= 11 is 0. The van der Waals surface area contributed by atoms with Gasteiger partial charge < -0.3 is 5.73 Å². The molecule has 0 aliphatic heterocycles. The van der Waals surface area contributed by atoms with Crippen molar-refractivity contribution < 1.29 is 0 Å². The lowest BCUT2D eigenvalue weighted by Crippen LogP contribution is -2.26. The first kappa shape index (κ1) is 11.5. The van der Waals surface area contributed by atoms with Crippen LogP contribution in [0.3, 0.4) is 0 Å². The molecule has 0 aromatic heterocycles. The van der Waals surface area contributed by atoms with Crippen LogP contribution in [0, 0.1) is 11.5 Å². The topological polar surface area (TPSA) is 74.2 Å². The summed E-state index contributed by atoms with van der Waals surface area (Å²) in [5.74, 6) is 0.0726. The number of nitrogens with zero attached hydrogens (tertiary/aromatic N) is 2. The number of hydrogen-bond acceptors (Lipinski definition) is 2. The van der Waals surface area contributed by atoms with E-state index in [0.717, 1.165) is 0 Å². The van der Waals surface area contributed by atoms with E-state index in [1.807, 2.05) is 42.5 Å². The maximum Gasteiger partial charge on any atom is 0.207 e. The highest BCUT2D eigenvalue weighted by molar-refractivity contribution is 5.81. The number of hydrogen-bond donors (Lipinski definition) is 2. The number of rotatable bonds is 1. The van der Waals surface area contributed by atoms with Crippen LogP contribution in [0.15, 0.2) is 59.6 Å². The third-order valence-corrected chi connectivity index (χ3v) is 1.63. The van der Waals surface area contributed by atoms with Crippen LogP contribution in [0.4, 0.5) is 5.69 Å². The van der Waals surface area contributed by atoms with Crippen LogP contribution in [-0.4, -0.2) is 5.96 Å². The largest absolute Gasteiger partial charge is 0.369 e. The number of nitrogens with one attached hydrogen (secondary N) is 1. The van der Waals surface area contributed by atoms with Crippen molar-refractivity contribution in [1.29, 1.82) is 5.26 Å². The zero-order valence-corrected chi connectivity index (χ0v) is 8.67. The van der Waals surface area contributed by atoms with Crippen molar-refractivity contribution in [3.8, 4) is 6.19 Å². The van der Waals surface area contributed by atoms with Crippen LogP contribution in [-0.2, 0) is 0 Å². The van der Waals surface area contributed by atoms with Gasteiger partial charge >= 0.3 is 0 Å². The lowest BCUT2D eigenvalue weighted by atomic mass is 10.3. The van der Waals surface area contributed by atoms with E-state index in [-0.39, 0.29) is 5.96 Å². The molecule has 0 aliphatic rings. The minimum atomic E-state index is 0.0726. The molecule has 0 spiro atoms. The van der Waals surface area contributed by atoms with E-state index >= 15 is 0 Å². The summed E-state index contributed by atoms with van der Waals surface area (Å²) in [6, 6.07) is 16.8. The van der Waals surface area contributed by atoms with Gasteiger partial charge in [0.05, 0.1) is 5.69 Å². The monoisotopic (exact) mass is 212 g/mol. The van der Waals surface area contributed by atoms with E-state index in [2.05, 4.69) is 10.3 Å². The van der Waals surface area contributed by atoms with Gasteiger partial charge in [0.1, 0.15) is 0 Å². The molecular formula is C12H12N4. The Kier molecular flexibility index (Phi) is 4.94. The van der Waals surface area contributed by atoms with Crippen molar-refractivity contribution in [3.05, 3.63) is 54.6 Å². The quantitative estimate of drug-likeness (QED) is 0.323. The van der Waals surface area contributed by atoms with E-state index in [4.69, 9.17) is 11.0 Å². The zero-order valence-electron chi connectivity index (χ0n) is 8.67. The molecule has 16 heavy (non-hydrogen) atoms. The van der Waals surface area contributed by atoms with Gasteiger partial charge in [-0.25, -0.2) is 4.99 Å². The highest BCUT2D eigenvalue weighted by Crippen LogP contribution is 2.06. The third kappa shape index (κ3) is 4.63. The van der Waals surface area contributed by atoms with E-state index in [1.54, 1.807) is 18.3 Å². The molecule has 0 saturated heterocycles. The van der Waals surface area contributed by atoms with Gasteiger partial charge in [0.15, 0.2) is 6.19 Å². The summed E-state index contributed by atoms with van der Waals surface area (Å²) in [7, 11) is 0. The van der Waals surface area contributed by atoms with Crippen molar-refractivity contribution in [1.82, 2.24) is 5.32 Å². The Labute approximate surface area is 94.4 Å². The third-order valence-electron chi connectivity index (χ3n) is 1.63. The Bertz CT molecular complexity index is 434. The highest BCUT2D eigenvalue weighted by atomic mass is 15.1. The van der Waals surface area contributed by atoms with Gasteiger partial charge in [0.2, 0.25) is 5.96 Å². The first-order valence-corrected chi connectivity index (χ1v) is 4.70. The molecule has 0 saturated carbocycles. The van der Waals surface area contributed by atoms with Gasteiger partial charge in [-0.2, -0.15) is 5.26 Å². The average Bonchev–Trinajstić information content (AvgIpc) is 2.27. The van der Waals surface area contributed by atoms with E-state index in [1.165, 1.54) is 0 Å². The fourth-order valence-electron chi connectivity index (χ4n) is 0.983. The molecule has 4 heteroatoms. The predicted molar refractivity (Wildman–Crippen MR) is 64.1 cm³/mol. The zero-order chi connectivity index (χ0) is 11.6. The number of nitrogens with two attached hydrogens (primary N) is 1. The van der Waals surface area contributed by atoms with Gasteiger partial charge in [-0.15, -0.1) is 0 Å². The van der Waals surface area contributed by atoms with E-state index in [9.17, 15) is 0 Å². The number of aliphatic imine (C=N–C) groups is 1. The van der Waals surface area contributed by atoms with Crippen molar-refractivity contribution >= 4 is 11.6 Å². The summed E-state index contributed by atoms with van der Waals surface area (Å²) in [4.78, 5) is 4.03. The fraction of sp³-hybridized carbons (Fsp3) is 0. The van der Waals surface area contributed by atoms with Crippen molar-refractivity contribution in [2.45, 2.75) is 0 Å². The minimum absolute atomic E-state index is 0.0726. The summed E-state index contributed by atoms with van der Waals surface area (Å²) < 4.78 is 0. The SMILES string of the molecule is N#CNC(N)=Nc1ccccccccc1. The Morgan fingerprint density at radius 3 is 2.06 bits per heavy atom. The Morgan fingerprint density at radius 2 is 1.56 bits per heavy atom. The smallest absolute Gasteiger partial charge is 0.207 e. The molecule has 0 atom stereocenters. The van der Waals surface area contributed by atoms with Crippen LogP contribution in [0.2, 0.25) is 0 Å². The van der Waals surface area contributed by atoms with Gasteiger partial charge in [-0.1, -0.05) is 42.5 Å². The van der Waals surface area contributed by atoms with Crippen molar-refractivity contribution in [3.63, 3.8) is 0 Å². The Morgan fingerprint density at radius 1 is 1.06 bits per heavy atom. The second kappa shape index (κ2) is 6.85. The molecule has 0 amide bonds. The summed E-state index contributed by atoms with van der Waals surface area (Å²) in [6.45, 7) is 0. The van der Waals surface area contributed by atoms with Crippen LogP contribution >= 0.6 is 0 Å². The predicted octanol–water partition coefficient (Wildman–Crippen LogP) is 1.83. The maximum absolute atomic E-state index is 8.36. The van der Waals surface area contributed by atoms with E-state index < -0.39 is 0 Å². The molecule has 0 bridgehead atoms. The normalized spacial score (nSPS) is 9.81. The van der Waals surface area contributed by atoms with Crippen LogP contribution < -0.4 is 11.1 Å². The molecule has 3 N–H and O–H groups in total. The van der Waals surface area contributed by atoms with Gasteiger partial charge in [0.25, 0.3) is 0 Å². The fourth-order valence-corrected chi connectivity index (χ4v) is 0.983. The summed E-state index contributed by atoms with van der Waals surface area (Å²) in [6.07, 6.45) is 1.71. The average molecular weight is 212 g/mol. The lowest BCUT2D eigenvalue weighted by Gasteiger charge is -1.94. The molecular weight excluding hydrogens is 200 g/mol. The second-order valence-corrected chi connectivity index (χ2v) is 2.84. The minimum Gasteiger partial charge on any atom is -0.369 e.